The van der Waals surface area contributed by atoms with Gasteiger partial charge in [-0.25, -0.2) is 0 Å². The van der Waals surface area contributed by atoms with Crippen LogP contribution in [0.25, 0.3) is 0 Å². The van der Waals surface area contributed by atoms with E-state index in [-0.39, 0.29) is 46.1 Å². The van der Waals surface area contributed by atoms with Crippen LogP contribution in [0.1, 0.15) is 0 Å². The summed E-state index contributed by atoms with van der Waals surface area (Å²) in [6.45, 7) is 0. The zero-order chi connectivity index (χ0) is 7.00. The molecule has 10 heavy (non-hydrogen) atoms. The molecule has 0 aromatic heterocycles. The summed E-state index contributed by atoms with van der Waals surface area (Å²) >= 11 is 0. The molecule has 0 bridgehead atoms. The molecule has 0 fully saturated rings. The molecule has 0 aromatic rings. The maximum absolute atomic E-state index is 9.24. The van der Waals surface area contributed by atoms with Crippen molar-refractivity contribution in [2.75, 3.05) is 0 Å². The molecule has 0 aliphatic rings. The first kappa shape index (κ1) is 17.8. The minimum Gasteiger partial charge on any atom is -0.807 e. The minimum absolute atomic E-state index is 0. The van der Waals surface area contributed by atoms with Crippen molar-refractivity contribution in [2.45, 2.75) is 0 Å². The molecule has 0 saturated carbocycles. The normalized spacial score (nSPS) is 11.2. The second-order valence-electron chi connectivity index (χ2n) is 0.937. The first-order valence-corrected chi connectivity index (χ1v) is 5.09. The third kappa shape index (κ3) is 6.54. The summed E-state index contributed by atoms with van der Waals surface area (Å²) in [5.74, 6) is 0. The molecule has 50 valence electrons. The fourth-order valence-corrected chi connectivity index (χ4v) is 0. The summed E-state index contributed by atoms with van der Waals surface area (Å²) < 4.78 is 18.5. The molecule has 0 aliphatic heterocycles. The third-order valence-corrected chi connectivity index (χ3v) is 2.70. The average Bonchev–Trinajstić information content (AvgIpc) is 1.25. The summed E-state index contributed by atoms with van der Waals surface area (Å²) in [4.78, 5) is 36.9. The van der Waals surface area contributed by atoms with E-state index in [0.717, 1.165) is 0 Å². The molecule has 0 amide bonds. The molecule has 0 atom stereocenters. The van der Waals surface area contributed by atoms with Gasteiger partial charge in [0.15, 0.2) is 0 Å². The van der Waals surface area contributed by atoms with Gasteiger partial charge < -0.3 is 28.7 Å². The zero-order valence-corrected chi connectivity index (χ0v) is 9.38. The molecular weight excluding hydrogens is 207 g/mol. The summed E-state index contributed by atoms with van der Waals surface area (Å²) in [7, 11) is -11.8. The SMILES string of the molecule is O=P([O-])([O-])P(=O)([O-])[O-].[Mg+2].[Mg+2]. The summed E-state index contributed by atoms with van der Waals surface area (Å²) in [5, 5.41) is 0. The van der Waals surface area contributed by atoms with Crippen LogP contribution in [-0.2, 0) is 9.13 Å². The fraction of sp³-hybridized carbons (Fsp3) is 0. The van der Waals surface area contributed by atoms with Crippen LogP contribution in [0.2, 0.25) is 0 Å². The van der Waals surface area contributed by atoms with Gasteiger partial charge in [-0.2, -0.15) is 0 Å². The van der Waals surface area contributed by atoms with Gasteiger partial charge in [0.05, 0.1) is 0 Å². The van der Waals surface area contributed by atoms with Crippen molar-refractivity contribution in [1.29, 1.82) is 0 Å². The quantitative estimate of drug-likeness (QED) is 0.318. The van der Waals surface area contributed by atoms with Gasteiger partial charge in [-0.05, 0) is 14.6 Å². The van der Waals surface area contributed by atoms with Crippen LogP contribution in [0.4, 0.5) is 0 Å². The molecule has 0 spiro atoms. The van der Waals surface area contributed by atoms with Crippen molar-refractivity contribution in [2.24, 2.45) is 0 Å². The van der Waals surface area contributed by atoms with Gasteiger partial charge >= 0.3 is 46.1 Å². The van der Waals surface area contributed by atoms with Crippen LogP contribution in [0.5, 0.6) is 0 Å². The molecule has 0 saturated heterocycles. The van der Waals surface area contributed by atoms with Crippen molar-refractivity contribution in [3.63, 3.8) is 0 Å². The van der Waals surface area contributed by atoms with E-state index in [2.05, 4.69) is 0 Å². The van der Waals surface area contributed by atoms with Crippen LogP contribution in [0.3, 0.4) is 0 Å². The van der Waals surface area contributed by atoms with E-state index < -0.39 is 14.6 Å². The van der Waals surface area contributed by atoms with Gasteiger partial charge in [-0.15, -0.1) is 0 Å². The van der Waals surface area contributed by atoms with Gasteiger partial charge in [-0.3, -0.25) is 0 Å². The van der Waals surface area contributed by atoms with E-state index in [0.29, 0.717) is 0 Å². The summed E-state index contributed by atoms with van der Waals surface area (Å²) in [6.07, 6.45) is 0. The summed E-state index contributed by atoms with van der Waals surface area (Å²) in [5.41, 5.74) is 0. The van der Waals surface area contributed by atoms with Gasteiger partial charge in [0.1, 0.15) is 0 Å². The van der Waals surface area contributed by atoms with Gasteiger partial charge in [0.2, 0.25) is 0 Å². The number of hydrogen-bond acceptors (Lipinski definition) is 6. The largest absolute Gasteiger partial charge is 2.00 e. The second kappa shape index (κ2) is 5.47. The predicted molar refractivity (Wildman–Crippen MR) is 26.7 cm³/mol. The smallest absolute Gasteiger partial charge is 0.807 e. The van der Waals surface area contributed by atoms with Crippen LogP contribution in [0.15, 0.2) is 0 Å². The predicted octanol–water partition coefficient (Wildman–Crippen LogP) is -4.03. The summed E-state index contributed by atoms with van der Waals surface area (Å²) in [6, 6.07) is 0. The van der Waals surface area contributed by atoms with E-state index in [1.807, 2.05) is 0 Å². The molecule has 6 nitrogen and oxygen atoms in total. The van der Waals surface area contributed by atoms with E-state index in [1.165, 1.54) is 0 Å². The number of hydrogen-bond donors (Lipinski definition) is 0. The van der Waals surface area contributed by atoms with Crippen LogP contribution < -0.4 is 19.6 Å². The Labute approximate surface area is 88.9 Å². The van der Waals surface area contributed by atoms with Crippen LogP contribution in [0, 0.1) is 0 Å². The topological polar surface area (TPSA) is 126 Å². The van der Waals surface area contributed by atoms with Crippen molar-refractivity contribution in [3.8, 4) is 0 Å². The Morgan fingerprint density at radius 2 is 0.800 bits per heavy atom. The Balaban J connectivity index is -0.000000245. The van der Waals surface area contributed by atoms with Gasteiger partial charge in [-0.1, -0.05) is 0 Å². The first-order chi connectivity index (χ1) is 3.25. The molecular formula is Mg2O6P2. The molecule has 0 heterocycles. The Hall–Kier alpha value is 1.83. The van der Waals surface area contributed by atoms with Crippen molar-refractivity contribution in [3.05, 3.63) is 0 Å². The van der Waals surface area contributed by atoms with E-state index in [4.69, 9.17) is 0 Å². The van der Waals surface area contributed by atoms with E-state index >= 15 is 0 Å². The molecule has 10 heteroatoms. The standard InChI is InChI=1S/2Mg.H4O6P2/c;;1-7(2,3)8(4,5)6/h;;(H2,1,2,3)(H2,4,5,6)/q2*+2;/p-4. The maximum atomic E-state index is 9.24. The van der Waals surface area contributed by atoms with E-state index in [9.17, 15) is 28.7 Å². The van der Waals surface area contributed by atoms with Crippen molar-refractivity contribution < 1.29 is 28.7 Å². The fourth-order valence-electron chi connectivity index (χ4n) is 0. The first-order valence-electron chi connectivity index (χ1n) is 1.30. The molecule has 0 rings (SSSR count). The molecule has 0 N–H and O–H groups in total. The van der Waals surface area contributed by atoms with Crippen LogP contribution >= 0.6 is 14.6 Å². The third-order valence-electron chi connectivity index (χ3n) is 0.300. The van der Waals surface area contributed by atoms with Crippen LogP contribution in [-0.4, -0.2) is 46.1 Å². The molecule has 0 unspecified atom stereocenters. The Morgan fingerprint density at radius 3 is 0.800 bits per heavy atom. The van der Waals surface area contributed by atoms with Crippen molar-refractivity contribution >= 4 is 60.7 Å². The Bertz CT molecular complexity index is 143. The molecule has 0 aromatic carbocycles. The second-order valence-corrected chi connectivity index (χ2v) is 5.75. The number of rotatable bonds is 1. The molecule has 0 aliphatic carbocycles. The minimum atomic E-state index is -5.91. The average molecular weight is 207 g/mol. The van der Waals surface area contributed by atoms with E-state index in [1.54, 1.807) is 0 Å². The Morgan fingerprint density at radius 1 is 0.700 bits per heavy atom. The maximum Gasteiger partial charge on any atom is 2.00 e. The van der Waals surface area contributed by atoms with Gasteiger partial charge in [0, 0.05) is 0 Å². The van der Waals surface area contributed by atoms with Crippen molar-refractivity contribution in [1.82, 2.24) is 0 Å². The van der Waals surface area contributed by atoms with Gasteiger partial charge in [0.25, 0.3) is 0 Å². The zero-order valence-electron chi connectivity index (χ0n) is 4.76. The monoisotopic (exact) mass is 206 g/mol. The Kier molecular flexibility index (Phi) is 9.74. The molecule has 0 radical (unpaired) electrons.